The van der Waals surface area contributed by atoms with E-state index < -0.39 is 0 Å². The second-order valence-electron chi connectivity index (χ2n) is 6.69. The average Bonchev–Trinajstić information content (AvgIpc) is 3.42. The molecular formula is C21H22N4O3. The first-order valence-electron chi connectivity index (χ1n) is 9.34. The summed E-state index contributed by atoms with van der Waals surface area (Å²) < 4.78 is 13.2. The van der Waals surface area contributed by atoms with Crippen molar-refractivity contribution in [3.63, 3.8) is 0 Å². The van der Waals surface area contributed by atoms with Crippen LogP contribution < -0.4 is 10.1 Å². The van der Waals surface area contributed by atoms with Crippen LogP contribution in [0, 0.1) is 0 Å². The lowest BCUT2D eigenvalue weighted by Gasteiger charge is -2.14. The molecule has 2 heterocycles. The van der Waals surface area contributed by atoms with Gasteiger partial charge in [0.15, 0.2) is 0 Å². The maximum atomic E-state index is 12.7. The second kappa shape index (κ2) is 8.67. The topological polar surface area (TPSA) is 78.3 Å². The van der Waals surface area contributed by atoms with E-state index in [1.807, 2.05) is 42.5 Å². The number of hydrogen-bond acceptors (Lipinski definition) is 5. The number of hydrogen-bond donors (Lipinski definition) is 1. The summed E-state index contributed by atoms with van der Waals surface area (Å²) >= 11 is 0. The van der Waals surface area contributed by atoms with Gasteiger partial charge in [-0.25, -0.2) is 9.67 Å². The van der Waals surface area contributed by atoms with Crippen LogP contribution in [0.15, 0.2) is 61.2 Å². The molecule has 0 bridgehead atoms. The molecule has 7 nitrogen and oxygen atoms in total. The van der Waals surface area contributed by atoms with Gasteiger partial charge in [-0.3, -0.25) is 4.79 Å². The Kier molecular flexibility index (Phi) is 5.63. The first-order chi connectivity index (χ1) is 13.8. The van der Waals surface area contributed by atoms with E-state index in [-0.39, 0.29) is 12.0 Å². The number of nitrogens with one attached hydrogen (secondary N) is 1. The molecule has 1 N–H and O–H groups in total. The zero-order valence-corrected chi connectivity index (χ0v) is 15.5. The van der Waals surface area contributed by atoms with Crippen LogP contribution in [0.4, 0.5) is 5.69 Å². The Morgan fingerprint density at radius 1 is 1.21 bits per heavy atom. The van der Waals surface area contributed by atoms with Crippen molar-refractivity contribution in [3.05, 3.63) is 72.3 Å². The highest BCUT2D eigenvalue weighted by molar-refractivity contribution is 6.06. The van der Waals surface area contributed by atoms with Gasteiger partial charge in [0.1, 0.15) is 25.0 Å². The first kappa shape index (κ1) is 18.2. The summed E-state index contributed by atoms with van der Waals surface area (Å²) in [6.07, 6.45) is 5.34. The highest BCUT2D eigenvalue weighted by Crippen LogP contribution is 2.22. The van der Waals surface area contributed by atoms with E-state index in [2.05, 4.69) is 15.4 Å². The first-order valence-corrected chi connectivity index (χ1v) is 9.34. The minimum atomic E-state index is -0.202. The van der Waals surface area contributed by atoms with E-state index >= 15 is 0 Å². The highest BCUT2D eigenvalue weighted by Gasteiger charge is 2.18. The Labute approximate surface area is 163 Å². The molecule has 2 aromatic carbocycles. The summed E-state index contributed by atoms with van der Waals surface area (Å²) in [4.78, 5) is 16.7. The molecule has 0 spiro atoms. The molecule has 1 fully saturated rings. The fraction of sp³-hybridized carbons (Fsp3) is 0.286. The smallest absolute Gasteiger partial charge is 0.259 e. The minimum Gasteiger partial charge on any atom is -0.490 e. The number of para-hydroxylation sites is 1. The molecule has 0 aliphatic carbocycles. The summed E-state index contributed by atoms with van der Waals surface area (Å²) in [5.41, 5.74) is 2.30. The number of amides is 1. The quantitative estimate of drug-likeness (QED) is 0.683. The summed E-state index contributed by atoms with van der Waals surface area (Å²) in [7, 11) is 0. The number of aromatic nitrogens is 3. The number of anilines is 1. The molecule has 28 heavy (non-hydrogen) atoms. The minimum absolute atomic E-state index is 0.105. The van der Waals surface area contributed by atoms with Gasteiger partial charge in [-0.2, -0.15) is 5.10 Å². The van der Waals surface area contributed by atoms with Crippen molar-refractivity contribution in [2.24, 2.45) is 0 Å². The Bertz CT molecular complexity index is 904. The number of carbonyl (C=O) groups is 1. The van der Waals surface area contributed by atoms with Gasteiger partial charge < -0.3 is 14.8 Å². The van der Waals surface area contributed by atoms with E-state index in [9.17, 15) is 4.79 Å². The molecule has 1 atom stereocenters. The molecule has 144 valence electrons. The molecular weight excluding hydrogens is 356 g/mol. The number of ether oxygens (including phenoxy) is 2. The number of carbonyl (C=O) groups excluding carboxylic acids is 1. The van der Waals surface area contributed by atoms with Gasteiger partial charge in [0.05, 0.1) is 18.2 Å². The summed E-state index contributed by atoms with van der Waals surface area (Å²) in [6, 6.07) is 14.9. The van der Waals surface area contributed by atoms with Crippen molar-refractivity contribution >= 4 is 11.6 Å². The van der Waals surface area contributed by atoms with Gasteiger partial charge in [-0.05, 0) is 42.7 Å². The van der Waals surface area contributed by atoms with E-state index in [1.54, 1.807) is 17.1 Å². The van der Waals surface area contributed by atoms with Gasteiger partial charge in [0.2, 0.25) is 0 Å². The van der Waals surface area contributed by atoms with Crippen molar-refractivity contribution in [1.29, 1.82) is 0 Å². The fourth-order valence-electron chi connectivity index (χ4n) is 3.13. The lowest BCUT2D eigenvalue weighted by atomic mass is 10.1. The maximum Gasteiger partial charge on any atom is 0.259 e. The zero-order chi connectivity index (χ0) is 19.2. The highest BCUT2D eigenvalue weighted by atomic mass is 16.5. The molecule has 0 radical (unpaired) electrons. The van der Waals surface area contributed by atoms with Crippen LogP contribution in [0.5, 0.6) is 5.75 Å². The van der Waals surface area contributed by atoms with Crippen molar-refractivity contribution < 1.29 is 14.3 Å². The molecule has 7 heteroatoms. The van der Waals surface area contributed by atoms with Crippen LogP contribution in [0.3, 0.4) is 0 Å². The lowest BCUT2D eigenvalue weighted by molar-refractivity contribution is 0.0673. The Hall–Kier alpha value is -3.19. The predicted octanol–water partition coefficient (Wildman–Crippen LogP) is 3.14. The van der Waals surface area contributed by atoms with Crippen LogP contribution in [0.1, 0.15) is 28.8 Å². The van der Waals surface area contributed by atoms with Crippen LogP contribution >= 0.6 is 0 Å². The Balaban J connectivity index is 1.39. The van der Waals surface area contributed by atoms with Crippen molar-refractivity contribution in [2.75, 3.05) is 18.5 Å². The molecule has 1 aromatic heterocycles. The van der Waals surface area contributed by atoms with Gasteiger partial charge in [0.25, 0.3) is 5.91 Å². The van der Waals surface area contributed by atoms with Crippen molar-refractivity contribution in [3.8, 4) is 5.75 Å². The molecule has 0 saturated carbocycles. The molecule has 4 rings (SSSR count). The molecule has 1 unspecified atom stereocenters. The van der Waals surface area contributed by atoms with Crippen molar-refractivity contribution in [2.45, 2.75) is 25.5 Å². The average molecular weight is 378 g/mol. The molecule has 3 aromatic rings. The molecule has 1 aliphatic heterocycles. The number of benzene rings is 2. The van der Waals surface area contributed by atoms with E-state index in [1.165, 1.54) is 6.33 Å². The van der Waals surface area contributed by atoms with Gasteiger partial charge >= 0.3 is 0 Å². The molecule has 1 amide bonds. The van der Waals surface area contributed by atoms with Crippen LogP contribution in [-0.2, 0) is 11.3 Å². The van der Waals surface area contributed by atoms with E-state index in [0.29, 0.717) is 24.5 Å². The zero-order valence-electron chi connectivity index (χ0n) is 15.5. The third kappa shape index (κ3) is 4.55. The Morgan fingerprint density at radius 2 is 2.07 bits per heavy atom. The molecule has 1 saturated heterocycles. The van der Waals surface area contributed by atoms with Gasteiger partial charge in [-0.15, -0.1) is 0 Å². The standard InChI is InChI=1S/C21H22N4O3/c26-21(19-5-1-2-6-20(19)28-13-18-4-3-11-27-18)24-17-9-7-16(8-10-17)12-25-15-22-14-23-25/h1-2,5-10,14-15,18H,3-4,11-13H2,(H,24,26). The Morgan fingerprint density at radius 3 is 2.82 bits per heavy atom. The van der Waals surface area contributed by atoms with Gasteiger partial charge in [-0.1, -0.05) is 24.3 Å². The largest absolute Gasteiger partial charge is 0.490 e. The van der Waals surface area contributed by atoms with Crippen LogP contribution in [0.25, 0.3) is 0 Å². The lowest BCUT2D eigenvalue weighted by Crippen LogP contribution is -2.19. The van der Waals surface area contributed by atoms with Crippen LogP contribution in [-0.4, -0.2) is 40.0 Å². The normalized spacial score (nSPS) is 16.1. The van der Waals surface area contributed by atoms with E-state index in [4.69, 9.17) is 9.47 Å². The SMILES string of the molecule is O=C(Nc1ccc(Cn2cncn2)cc1)c1ccccc1OCC1CCCO1. The van der Waals surface area contributed by atoms with E-state index in [0.717, 1.165) is 30.7 Å². The number of rotatable bonds is 7. The van der Waals surface area contributed by atoms with Gasteiger partial charge in [0, 0.05) is 12.3 Å². The maximum absolute atomic E-state index is 12.7. The monoisotopic (exact) mass is 378 g/mol. The third-order valence-electron chi connectivity index (χ3n) is 4.60. The second-order valence-corrected chi connectivity index (χ2v) is 6.69. The third-order valence-corrected chi connectivity index (χ3v) is 4.60. The summed E-state index contributed by atoms with van der Waals surface area (Å²) in [6.45, 7) is 1.87. The van der Waals surface area contributed by atoms with Crippen molar-refractivity contribution in [1.82, 2.24) is 14.8 Å². The summed E-state index contributed by atoms with van der Waals surface area (Å²) in [5, 5.41) is 7.02. The summed E-state index contributed by atoms with van der Waals surface area (Å²) in [5.74, 6) is 0.366. The van der Waals surface area contributed by atoms with Crippen LogP contribution in [0.2, 0.25) is 0 Å². The fourth-order valence-corrected chi connectivity index (χ4v) is 3.13. The predicted molar refractivity (Wildman–Crippen MR) is 104 cm³/mol. The molecule has 1 aliphatic rings. The number of nitrogens with zero attached hydrogens (tertiary/aromatic N) is 3.